The fourth-order valence-electron chi connectivity index (χ4n) is 6.43. The van der Waals surface area contributed by atoms with E-state index >= 15 is 0 Å². The molecular formula is C44H57N5O5Si. The lowest BCUT2D eigenvalue weighted by Gasteiger charge is -2.42. The van der Waals surface area contributed by atoms with Crippen LogP contribution in [0.15, 0.2) is 91.0 Å². The van der Waals surface area contributed by atoms with Gasteiger partial charge in [-0.3, -0.25) is 4.68 Å². The SMILES string of the molecule is Cn1nc(-c2ccc(OCc3ccccc3)nc2OCc2ccccc2)c2ccc(N[C@@H]3CCN(C(=O)OC(C)(C)C)C[C@@H]3CO[Si](C)(C)C(C)(C)C)cc21. The predicted octanol–water partition coefficient (Wildman–Crippen LogP) is 9.85. The van der Waals surface area contributed by atoms with Gasteiger partial charge < -0.3 is 28.9 Å². The number of ether oxygens (including phenoxy) is 3. The second kappa shape index (κ2) is 16.5. The molecule has 0 radical (unpaired) electrons. The van der Waals surface area contributed by atoms with E-state index in [2.05, 4.69) is 57.4 Å². The van der Waals surface area contributed by atoms with Gasteiger partial charge in [0, 0.05) is 55.8 Å². The summed E-state index contributed by atoms with van der Waals surface area (Å²) in [4.78, 5) is 19.8. The van der Waals surface area contributed by atoms with Gasteiger partial charge in [0.25, 0.3) is 0 Å². The van der Waals surface area contributed by atoms with Crippen LogP contribution in [0.3, 0.4) is 0 Å². The largest absolute Gasteiger partial charge is 0.473 e. The summed E-state index contributed by atoms with van der Waals surface area (Å²) in [7, 11) is -0.0644. The van der Waals surface area contributed by atoms with Gasteiger partial charge in [0.2, 0.25) is 11.8 Å². The molecule has 55 heavy (non-hydrogen) atoms. The molecule has 10 nitrogen and oxygen atoms in total. The number of aryl methyl sites for hydroxylation is 1. The van der Waals surface area contributed by atoms with Crippen molar-refractivity contribution in [2.24, 2.45) is 13.0 Å². The second-order valence-corrected chi connectivity index (χ2v) is 21.9. The highest BCUT2D eigenvalue weighted by Crippen LogP contribution is 2.39. The van der Waals surface area contributed by atoms with Gasteiger partial charge in [-0.2, -0.15) is 10.1 Å². The molecule has 3 aromatic carbocycles. The molecule has 0 saturated carbocycles. The zero-order valence-electron chi connectivity index (χ0n) is 33.9. The molecule has 1 N–H and O–H groups in total. The molecule has 1 amide bonds. The minimum absolute atomic E-state index is 0.0752. The molecule has 1 fully saturated rings. The van der Waals surface area contributed by atoms with E-state index in [1.165, 1.54) is 0 Å². The van der Waals surface area contributed by atoms with Gasteiger partial charge in [0.15, 0.2) is 8.32 Å². The average molecular weight is 764 g/mol. The van der Waals surface area contributed by atoms with E-state index in [1.54, 1.807) is 0 Å². The van der Waals surface area contributed by atoms with Crippen LogP contribution in [0.4, 0.5) is 10.5 Å². The van der Waals surface area contributed by atoms with Crippen LogP contribution < -0.4 is 14.8 Å². The Morgan fingerprint density at radius 2 is 1.53 bits per heavy atom. The molecule has 1 aliphatic rings. The zero-order valence-corrected chi connectivity index (χ0v) is 34.9. The number of hydrogen-bond donors (Lipinski definition) is 1. The molecule has 11 heteroatoms. The maximum Gasteiger partial charge on any atom is 0.410 e. The van der Waals surface area contributed by atoms with Crippen molar-refractivity contribution in [3.63, 3.8) is 0 Å². The van der Waals surface area contributed by atoms with Crippen molar-refractivity contribution in [2.75, 3.05) is 25.0 Å². The van der Waals surface area contributed by atoms with Crippen molar-refractivity contribution in [3.8, 4) is 23.0 Å². The Morgan fingerprint density at radius 1 is 0.873 bits per heavy atom. The van der Waals surface area contributed by atoms with E-state index < -0.39 is 13.9 Å². The molecule has 5 aromatic rings. The van der Waals surface area contributed by atoms with Crippen molar-refractivity contribution in [1.82, 2.24) is 19.7 Å². The van der Waals surface area contributed by atoms with Gasteiger partial charge in [-0.15, -0.1) is 0 Å². The number of nitrogens with one attached hydrogen (secondary N) is 1. The Morgan fingerprint density at radius 3 is 2.16 bits per heavy atom. The lowest BCUT2D eigenvalue weighted by Crippen LogP contribution is -2.52. The lowest BCUT2D eigenvalue weighted by atomic mass is 9.92. The van der Waals surface area contributed by atoms with Crippen LogP contribution in [0.25, 0.3) is 22.2 Å². The van der Waals surface area contributed by atoms with Gasteiger partial charge in [-0.05, 0) is 80.7 Å². The third-order valence-electron chi connectivity index (χ3n) is 10.6. The Labute approximate surface area is 327 Å². The lowest BCUT2D eigenvalue weighted by molar-refractivity contribution is 0.0121. The molecule has 0 bridgehead atoms. The van der Waals surface area contributed by atoms with Gasteiger partial charge >= 0.3 is 6.09 Å². The summed E-state index contributed by atoms with van der Waals surface area (Å²) in [6.07, 6.45) is 0.496. The minimum atomic E-state index is -2.02. The third kappa shape index (κ3) is 10.1. The number of anilines is 1. The normalized spacial score (nSPS) is 16.6. The summed E-state index contributed by atoms with van der Waals surface area (Å²) in [5.74, 6) is 1.01. The standard InChI is InChI=1S/C44H57N5O5Si/c1-43(2,3)54-42(50)49-25-24-37(33(27-49)30-53-55(8,9)44(4,5)6)45-34-20-21-35-38(26-34)48(7)47-40(35)36-22-23-39(51-28-31-16-12-10-13-17-31)46-41(36)52-29-32-18-14-11-15-19-32/h10-23,26,33,37,45H,24-25,27-30H2,1-9H3/t33-,37-/m1/s1. The number of rotatable bonds is 12. The molecule has 6 rings (SSSR count). The molecule has 2 aromatic heterocycles. The highest BCUT2D eigenvalue weighted by molar-refractivity contribution is 6.74. The number of piperidine rings is 1. The monoisotopic (exact) mass is 763 g/mol. The van der Waals surface area contributed by atoms with Crippen LogP contribution in [-0.2, 0) is 29.4 Å². The van der Waals surface area contributed by atoms with Gasteiger partial charge in [0.05, 0.1) is 11.1 Å². The number of carbonyl (C=O) groups excluding carboxylic acids is 1. The molecular weight excluding hydrogens is 707 g/mol. The number of fused-ring (bicyclic) bond motifs is 1. The van der Waals surface area contributed by atoms with E-state index in [0.717, 1.165) is 45.4 Å². The topological polar surface area (TPSA) is 100.0 Å². The van der Waals surface area contributed by atoms with E-state index in [-0.39, 0.29) is 23.1 Å². The Bertz CT molecular complexity index is 2060. The van der Waals surface area contributed by atoms with Crippen LogP contribution >= 0.6 is 0 Å². The smallest absolute Gasteiger partial charge is 0.410 e. The summed E-state index contributed by atoms with van der Waals surface area (Å²) in [6.45, 7) is 19.5. The fourth-order valence-corrected chi connectivity index (χ4v) is 7.49. The summed E-state index contributed by atoms with van der Waals surface area (Å²) in [6, 6.07) is 30.4. The zero-order chi connectivity index (χ0) is 39.4. The highest BCUT2D eigenvalue weighted by atomic mass is 28.4. The van der Waals surface area contributed by atoms with Gasteiger partial charge in [-0.25, -0.2) is 4.79 Å². The number of likely N-dealkylation sites (tertiary alicyclic amines) is 1. The first-order chi connectivity index (χ1) is 26.1. The van der Waals surface area contributed by atoms with Crippen molar-refractivity contribution < 1.29 is 23.4 Å². The molecule has 1 aliphatic heterocycles. The number of nitrogens with zero attached hydrogens (tertiary/aromatic N) is 4. The van der Waals surface area contributed by atoms with Crippen molar-refractivity contribution in [2.45, 2.75) is 91.0 Å². The maximum absolute atomic E-state index is 13.2. The van der Waals surface area contributed by atoms with Crippen LogP contribution in [0.2, 0.25) is 18.1 Å². The van der Waals surface area contributed by atoms with Crippen LogP contribution in [0, 0.1) is 5.92 Å². The summed E-state index contributed by atoms with van der Waals surface area (Å²) in [5.41, 5.74) is 5.06. The quantitative estimate of drug-likeness (QED) is 0.125. The summed E-state index contributed by atoms with van der Waals surface area (Å²) >= 11 is 0. The summed E-state index contributed by atoms with van der Waals surface area (Å²) in [5, 5.41) is 9.88. The van der Waals surface area contributed by atoms with Crippen molar-refractivity contribution >= 4 is 31.0 Å². The van der Waals surface area contributed by atoms with Crippen molar-refractivity contribution in [1.29, 1.82) is 0 Å². The predicted molar refractivity (Wildman–Crippen MR) is 222 cm³/mol. The Hall–Kier alpha value is -4.87. The van der Waals surface area contributed by atoms with Crippen LogP contribution in [-0.4, -0.2) is 65.4 Å². The summed E-state index contributed by atoms with van der Waals surface area (Å²) < 4.78 is 26.9. The Kier molecular flexibility index (Phi) is 11.9. The van der Waals surface area contributed by atoms with E-state index in [4.69, 9.17) is 28.7 Å². The van der Waals surface area contributed by atoms with E-state index in [0.29, 0.717) is 44.7 Å². The second-order valence-electron chi connectivity index (χ2n) is 17.1. The third-order valence-corrected chi connectivity index (χ3v) is 15.1. The van der Waals surface area contributed by atoms with Gasteiger partial charge in [0.1, 0.15) is 24.5 Å². The first-order valence-electron chi connectivity index (χ1n) is 19.3. The van der Waals surface area contributed by atoms with Gasteiger partial charge in [-0.1, -0.05) is 81.4 Å². The minimum Gasteiger partial charge on any atom is -0.473 e. The first kappa shape index (κ1) is 39.8. The number of pyridine rings is 1. The fraction of sp³-hybridized carbons (Fsp3) is 0.432. The molecule has 1 saturated heterocycles. The van der Waals surface area contributed by atoms with Crippen LogP contribution in [0.5, 0.6) is 11.8 Å². The average Bonchev–Trinajstić information content (AvgIpc) is 3.47. The number of hydrogen-bond acceptors (Lipinski definition) is 8. The molecule has 292 valence electrons. The molecule has 0 aliphatic carbocycles. The molecule has 0 spiro atoms. The molecule has 2 atom stereocenters. The number of aromatic nitrogens is 3. The van der Waals surface area contributed by atoms with Crippen molar-refractivity contribution in [3.05, 3.63) is 102 Å². The number of amides is 1. The molecule has 3 heterocycles. The highest BCUT2D eigenvalue weighted by Gasteiger charge is 2.40. The Balaban J connectivity index is 1.25. The first-order valence-corrected chi connectivity index (χ1v) is 22.2. The van der Waals surface area contributed by atoms with Crippen LogP contribution in [0.1, 0.15) is 59.1 Å². The van der Waals surface area contributed by atoms with E-state index in [1.807, 2.05) is 110 Å². The number of carbonyl (C=O) groups is 1. The van der Waals surface area contributed by atoms with E-state index in [9.17, 15) is 4.79 Å². The maximum atomic E-state index is 13.2. The molecule has 0 unspecified atom stereocenters. The number of benzene rings is 3.